The average Bonchev–Trinajstić information content (AvgIpc) is 2.61. The van der Waals surface area contributed by atoms with E-state index in [9.17, 15) is 8.42 Å². The standard InChI is InChI=1S/C14H22N2O3S/c1-7-8-16(6)20(17,18)14-12(5)19-11(4)13(14)9-15-10(2)3/h1,10,15H,8-9H2,2-6H3. The highest BCUT2D eigenvalue weighted by molar-refractivity contribution is 7.89. The summed E-state index contributed by atoms with van der Waals surface area (Å²) in [5, 5.41) is 3.22. The van der Waals surface area contributed by atoms with Crippen molar-refractivity contribution in [3.63, 3.8) is 0 Å². The molecule has 0 atom stereocenters. The summed E-state index contributed by atoms with van der Waals surface area (Å²) in [6, 6.07) is 0.253. The highest BCUT2D eigenvalue weighted by Crippen LogP contribution is 2.28. The SMILES string of the molecule is C#CCN(C)S(=O)(=O)c1c(C)oc(C)c1CNC(C)C. The number of nitrogens with zero attached hydrogens (tertiary/aromatic N) is 1. The normalized spacial score (nSPS) is 12.1. The van der Waals surface area contributed by atoms with Gasteiger partial charge in [0.2, 0.25) is 10.0 Å². The molecule has 1 aromatic rings. The second kappa shape index (κ2) is 6.44. The van der Waals surface area contributed by atoms with E-state index in [1.54, 1.807) is 13.8 Å². The van der Waals surface area contributed by atoms with Gasteiger partial charge in [-0.3, -0.25) is 0 Å². The number of hydrogen-bond donors (Lipinski definition) is 1. The van der Waals surface area contributed by atoms with Crippen LogP contribution in [0.15, 0.2) is 9.31 Å². The molecule has 0 aliphatic carbocycles. The lowest BCUT2D eigenvalue weighted by molar-refractivity contribution is 0.482. The molecule has 0 radical (unpaired) electrons. The molecule has 0 aliphatic heterocycles. The van der Waals surface area contributed by atoms with E-state index >= 15 is 0 Å². The molecule has 0 spiro atoms. The molecule has 1 aromatic heterocycles. The van der Waals surface area contributed by atoms with Crippen molar-refractivity contribution in [2.45, 2.75) is 45.2 Å². The number of sulfonamides is 1. The Kier molecular flexibility index (Phi) is 5.40. The van der Waals surface area contributed by atoms with Crippen LogP contribution in [0, 0.1) is 26.2 Å². The van der Waals surface area contributed by atoms with Crippen LogP contribution >= 0.6 is 0 Å². The molecule has 0 amide bonds. The first-order chi connectivity index (χ1) is 9.21. The third-order valence-electron chi connectivity index (χ3n) is 2.99. The van der Waals surface area contributed by atoms with Gasteiger partial charge in [0.1, 0.15) is 16.4 Å². The Balaban J connectivity index is 3.27. The molecule has 0 saturated carbocycles. The lowest BCUT2D eigenvalue weighted by atomic mass is 10.2. The van der Waals surface area contributed by atoms with Crippen molar-refractivity contribution >= 4 is 10.0 Å². The Morgan fingerprint density at radius 2 is 1.95 bits per heavy atom. The third-order valence-corrected chi connectivity index (χ3v) is 4.99. The van der Waals surface area contributed by atoms with Gasteiger partial charge in [-0.2, -0.15) is 4.31 Å². The minimum Gasteiger partial charge on any atom is -0.465 e. The van der Waals surface area contributed by atoms with Crippen molar-refractivity contribution in [1.82, 2.24) is 9.62 Å². The molecule has 0 fully saturated rings. The summed E-state index contributed by atoms with van der Waals surface area (Å²) >= 11 is 0. The van der Waals surface area contributed by atoms with E-state index in [1.165, 1.54) is 7.05 Å². The Morgan fingerprint density at radius 1 is 1.35 bits per heavy atom. The first-order valence-electron chi connectivity index (χ1n) is 6.43. The predicted octanol–water partition coefficient (Wildman–Crippen LogP) is 1.65. The van der Waals surface area contributed by atoms with Gasteiger partial charge in [0, 0.05) is 25.2 Å². The maximum Gasteiger partial charge on any atom is 0.247 e. The summed E-state index contributed by atoms with van der Waals surface area (Å²) in [6.45, 7) is 7.90. The van der Waals surface area contributed by atoms with Gasteiger partial charge in [-0.05, 0) is 13.8 Å². The van der Waals surface area contributed by atoms with Crippen LogP contribution in [0.3, 0.4) is 0 Å². The fourth-order valence-electron chi connectivity index (χ4n) is 1.93. The summed E-state index contributed by atoms with van der Waals surface area (Å²) in [5.41, 5.74) is 0.667. The predicted molar refractivity (Wildman–Crippen MR) is 78.8 cm³/mol. The van der Waals surface area contributed by atoms with Crippen molar-refractivity contribution in [2.75, 3.05) is 13.6 Å². The number of furan rings is 1. The smallest absolute Gasteiger partial charge is 0.247 e. The molecule has 0 unspecified atom stereocenters. The van der Waals surface area contributed by atoms with Crippen LogP contribution in [-0.4, -0.2) is 32.4 Å². The van der Waals surface area contributed by atoms with Gasteiger partial charge >= 0.3 is 0 Å². The average molecular weight is 298 g/mol. The van der Waals surface area contributed by atoms with Crippen LogP contribution in [0.25, 0.3) is 0 Å². The Labute approximate surface area is 121 Å². The lowest BCUT2D eigenvalue weighted by Crippen LogP contribution is -2.29. The molecule has 112 valence electrons. The van der Waals surface area contributed by atoms with E-state index in [2.05, 4.69) is 11.2 Å². The topological polar surface area (TPSA) is 62.6 Å². The first-order valence-corrected chi connectivity index (χ1v) is 7.87. The molecular weight excluding hydrogens is 276 g/mol. The maximum absolute atomic E-state index is 12.6. The van der Waals surface area contributed by atoms with Crippen molar-refractivity contribution in [3.8, 4) is 12.3 Å². The highest BCUT2D eigenvalue weighted by atomic mass is 32.2. The highest BCUT2D eigenvalue weighted by Gasteiger charge is 2.29. The van der Waals surface area contributed by atoms with Crippen LogP contribution in [0.4, 0.5) is 0 Å². The Bertz CT molecular complexity index is 609. The molecule has 1 heterocycles. The van der Waals surface area contributed by atoms with E-state index in [1.807, 2.05) is 13.8 Å². The van der Waals surface area contributed by atoms with Crippen LogP contribution in [0.5, 0.6) is 0 Å². The zero-order valence-corrected chi connectivity index (χ0v) is 13.5. The third kappa shape index (κ3) is 3.42. The van der Waals surface area contributed by atoms with Gasteiger partial charge in [-0.1, -0.05) is 19.8 Å². The van der Waals surface area contributed by atoms with Gasteiger partial charge in [0.25, 0.3) is 0 Å². The van der Waals surface area contributed by atoms with E-state index in [0.717, 1.165) is 4.31 Å². The Morgan fingerprint density at radius 3 is 2.45 bits per heavy atom. The van der Waals surface area contributed by atoms with Crippen LogP contribution in [0.1, 0.15) is 30.9 Å². The van der Waals surface area contributed by atoms with Crippen molar-refractivity contribution in [2.24, 2.45) is 0 Å². The monoisotopic (exact) mass is 298 g/mol. The lowest BCUT2D eigenvalue weighted by Gasteiger charge is -2.16. The number of rotatable bonds is 6. The van der Waals surface area contributed by atoms with Crippen LogP contribution in [-0.2, 0) is 16.6 Å². The molecule has 1 N–H and O–H groups in total. The number of terminal acetylenes is 1. The second-order valence-corrected chi connectivity index (χ2v) is 7.00. The van der Waals surface area contributed by atoms with Gasteiger partial charge in [0.15, 0.2) is 0 Å². The fourth-order valence-corrected chi connectivity index (χ4v) is 3.42. The molecule has 0 aromatic carbocycles. The summed E-state index contributed by atoms with van der Waals surface area (Å²) < 4.78 is 31.8. The van der Waals surface area contributed by atoms with Gasteiger partial charge < -0.3 is 9.73 Å². The molecule has 5 nitrogen and oxygen atoms in total. The quantitative estimate of drug-likeness (QED) is 0.811. The molecule has 6 heteroatoms. The summed E-state index contributed by atoms with van der Waals surface area (Å²) in [6.07, 6.45) is 5.19. The molecule has 0 bridgehead atoms. The molecule has 20 heavy (non-hydrogen) atoms. The largest absolute Gasteiger partial charge is 0.465 e. The number of hydrogen-bond acceptors (Lipinski definition) is 4. The van der Waals surface area contributed by atoms with E-state index < -0.39 is 10.0 Å². The van der Waals surface area contributed by atoms with Gasteiger partial charge in [-0.25, -0.2) is 8.42 Å². The fraction of sp³-hybridized carbons (Fsp3) is 0.571. The van der Waals surface area contributed by atoms with Crippen LogP contribution < -0.4 is 5.32 Å². The van der Waals surface area contributed by atoms with E-state index in [4.69, 9.17) is 10.8 Å². The Hall–Kier alpha value is -1.29. The van der Waals surface area contributed by atoms with E-state index in [0.29, 0.717) is 23.6 Å². The minimum absolute atomic E-state index is 0.0308. The second-order valence-electron chi connectivity index (χ2n) is 5.02. The molecule has 1 rings (SSSR count). The zero-order chi connectivity index (χ0) is 15.5. The minimum atomic E-state index is -3.63. The van der Waals surface area contributed by atoms with Crippen molar-refractivity contribution in [3.05, 3.63) is 17.1 Å². The number of nitrogens with one attached hydrogen (secondary N) is 1. The van der Waals surface area contributed by atoms with Crippen molar-refractivity contribution < 1.29 is 12.8 Å². The summed E-state index contributed by atoms with van der Waals surface area (Å²) in [4.78, 5) is 0.223. The summed E-state index contributed by atoms with van der Waals surface area (Å²) in [5.74, 6) is 3.35. The zero-order valence-electron chi connectivity index (χ0n) is 12.6. The first kappa shape index (κ1) is 16.8. The summed E-state index contributed by atoms with van der Waals surface area (Å²) in [7, 11) is -2.16. The van der Waals surface area contributed by atoms with E-state index in [-0.39, 0.29) is 17.5 Å². The molecular formula is C14H22N2O3S. The van der Waals surface area contributed by atoms with Gasteiger partial charge in [-0.15, -0.1) is 6.42 Å². The van der Waals surface area contributed by atoms with Gasteiger partial charge in [0.05, 0.1) is 6.54 Å². The maximum atomic E-state index is 12.6. The van der Waals surface area contributed by atoms with Crippen LogP contribution in [0.2, 0.25) is 0 Å². The number of aryl methyl sites for hydroxylation is 2. The van der Waals surface area contributed by atoms with Crippen molar-refractivity contribution in [1.29, 1.82) is 0 Å². The molecule has 0 saturated heterocycles. The molecule has 0 aliphatic rings.